The summed E-state index contributed by atoms with van der Waals surface area (Å²) in [6.45, 7) is 9.63. The maximum atomic E-state index is 6.40. The molecule has 1 aliphatic rings. The Labute approximate surface area is 109 Å². The van der Waals surface area contributed by atoms with Crippen molar-refractivity contribution in [3.05, 3.63) is 28.8 Å². The minimum absolute atomic E-state index is 0.144. The maximum absolute atomic E-state index is 6.40. The predicted molar refractivity (Wildman–Crippen MR) is 73.2 cm³/mol. The zero-order valence-electron chi connectivity index (χ0n) is 12.0. The highest BCUT2D eigenvalue weighted by Gasteiger charge is 2.52. The molecule has 18 heavy (non-hydrogen) atoms. The third kappa shape index (κ3) is 1.82. The minimum atomic E-state index is -0.335. The number of ether oxygens (including phenoxy) is 2. The molecular formula is C15H23NO2. The van der Waals surface area contributed by atoms with Crippen LogP contribution in [0.3, 0.4) is 0 Å². The van der Waals surface area contributed by atoms with Crippen LogP contribution < -0.4 is 10.5 Å². The lowest BCUT2D eigenvalue weighted by Crippen LogP contribution is -2.65. The monoisotopic (exact) mass is 249 g/mol. The molecule has 1 aromatic rings. The van der Waals surface area contributed by atoms with Crippen LogP contribution in [0.25, 0.3) is 0 Å². The molecule has 0 amide bonds. The highest BCUT2D eigenvalue weighted by Crippen LogP contribution is 2.45. The molecule has 1 heterocycles. The number of rotatable bonds is 3. The van der Waals surface area contributed by atoms with Crippen LogP contribution in [0.4, 0.5) is 0 Å². The first-order valence-corrected chi connectivity index (χ1v) is 6.34. The molecule has 3 nitrogen and oxygen atoms in total. The molecule has 0 spiro atoms. The minimum Gasteiger partial charge on any atom is -0.496 e. The van der Waals surface area contributed by atoms with Crippen molar-refractivity contribution in [2.75, 3.05) is 20.3 Å². The molecule has 0 aromatic heterocycles. The number of methoxy groups -OCH3 is 1. The van der Waals surface area contributed by atoms with Gasteiger partial charge in [-0.25, -0.2) is 0 Å². The fourth-order valence-electron chi connectivity index (χ4n) is 2.76. The zero-order chi connectivity index (χ0) is 13.6. The molecule has 0 radical (unpaired) electrons. The second-order valence-electron chi connectivity index (χ2n) is 5.96. The van der Waals surface area contributed by atoms with Gasteiger partial charge in [-0.05, 0) is 33.3 Å². The fraction of sp³-hybridized carbons (Fsp3) is 0.600. The Morgan fingerprint density at radius 1 is 1.28 bits per heavy atom. The Hall–Kier alpha value is -1.06. The molecular weight excluding hydrogens is 226 g/mol. The van der Waals surface area contributed by atoms with Gasteiger partial charge in [0.15, 0.2) is 0 Å². The van der Waals surface area contributed by atoms with Crippen molar-refractivity contribution < 1.29 is 9.47 Å². The lowest BCUT2D eigenvalue weighted by molar-refractivity contribution is -0.0927. The van der Waals surface area contributed by atoms with E-state index in [2.05, 4.69) is 39.8 Å². The summed E-state index contributed by atoms with van der Waals surface area (Å²) in [5, 5.41) is 0. The van der Waals surface area contributed by atoms with E-state index < -0.39 is 0 Å². The van der Waals surface area contributed by atoms with Crippen LogP contribution in [0.15, 0.2) is 12.1 Å². The van der Waals surface area contributed by atoms with E-state index in [-0.39, 0.29) is 11.0 Å². The van der Waals surface area contributed by atoms with Crippen LogP contribution in [-0.2, 0) is 10.2 Å². The number of hydrogen-bond donors (Lipinski definition) is 1. The zero-order valence-corrected chi connectivity index (χ0v) is 12.0. The van der Waals surface area contributed by atoms with Crippen LogP contribution in [0, 0.1) is 13.8 Å². The first-order valence-electron chi connectivity index (χ1n) is 6.34. The smallest absolute Gasteiger partial charge is 0.125 e. The van der Waals surface area contributed by atoms with Crippen molar-refractivity contribution in [3.63, 3.8) is 0 Å². The van der Waals surface area contributed by atoms with Crippen LogP contribution in [0.1, 0.15) is 30.5 Å². The summed E-state index contributed by atoms with van der Waals surface area (Å²) in [5.74, 6) is 0.947. The first kappa shape index (κ1) is 13.4. The van der Waals surface area contributed by atoms with E-state index in [1.54, 1.807) is 7.11 Å². The van der Waals surface area contributed by atoms with Crippen molar-refractivity contribution in [1.82, 2.24) is 0 Å². The average molecular weight is 249 g/mol. The van der Waals surface area contributed by atoms with E-state index in [0.717, 1.165) is 11.3 Å². The second-order valence-corrected chi connectivity index (χ2v) is 5.96. The summed E-state index contributed by atoms with van der Waals surface area (Å²) in [6.07, 6.45) is 0. The molecule has 2 N–H and O–H groups in total. The van der Waals surface area contributed by atoms with Gasteiger partial charge in [-0.3, -0.25) is 0 Å². The lowest BCUT2D eigenvalue weighted by Gasteiger charge is -2.51. The van der Waals surface area contributed by atoms with E-state index in [1.807, 2.05) is 0 Å². The van der Waals surface area contributed by atoms with Gasteiger partial charge in [-0.15, -0.1) is 0 Å². The molecule has 0 unspecified atom stereocenters. The number of benzene rings is 1. The number of nitrogens with two attached hydrogens (primary N) is 1. The van der Waals surface area contributed by atoms with E-state index in [4.69, 9.17) is 15.2 Å². The molecule has 0 aliphatic carbocycles. The van der Waals surface area contributed by atoms with Crippen molar-refractivity contribution in [2.24, 2.45) is 5.73 Å². The average Bonchev–Trinajstić information content (AvgIpc) is 2.12. The first-order chi connectivity index (χ1) is 8.32. The lowest BCUT2D eigenvalue weighted by atomic mass is 9.65. The topological polar surface area (TPSA) is 44.5 Å². The van der Waals surface area contributed by atoms with Gasteiger partial charge in [0.2, 0.25) is 0 Å². The second kappa shape index (κ2) is 4.25. The molecule has 0 bridgehead atoms. The molecule has 2 rings (SSSR count). The maximum Gasteiger partial charge on any atom is 0.125 e. The summed E-state index contributed by atoms with van der Waals surface area (Å²) in [4.78, 5) is 0. The van der Waals surface area contributed by atoms with E-state index >= 15 is 0 Å². The Morgan fingerprint density at radius 3 is 2.28 bits per heavy atom. The summed E-state index contributed by atoms with van der Waals surface area (Å²) >= 11 is 0. The summed E-state index contributed by atoms with van der Waals surface area (Å²) in [6, 6.07) is 4.32. The van der Waals surface area contributed by atoms with Gasteiger partial charge in [0.1, 0.15) is 5.75 Å². The molecule has 1 saturated heterocycles. The third-order valence-electron chi connectivity index (χ3n) is 4.07. The van der Waals surface area contributed by atoms with Crippen molar-refractivity contribution in [2.45, 2.75) is 38.6 Å². The van der Waals surface area contributed by atoms with Gasteiger partial charge in [-0.1, -0.05) is 17.7 Å². The van der Waals surface area contributed by atoms with Gasteiger partial charge >= 0.3 is 0 Å². The Balaban J connectivity index is 2.62. The van der Waals surface area contributed by atoms with Crippen LogP contribution >= 0.6 is 0 Å². The van der Waals surface area contributed by atoms with Gasteiger partial charge < -0.3 is 15.2 Å². The molecule has 100 valence electrons. The number of hydrogen-bond acceptors (Lipinski definition) is 3. The largest absolute Gasteiger partial charge is 0.496 e. The molecule has 1 fully saturated rings. The quantitative estimate of drug-likeness (QED) is 0.894. The summed E-state index contributed by atoms with van der Waals surface area (Å²) in [5.41, 5.74) is 9.49. The fourth-order valence-corrected chi connectivity index (χ4v) is 2.76. The van der Waals surface area contributed by atoms with Crippen LogP contribution in [0.2, 0.25) is 0 Å². The normalized spacial score (nSPS) is 18.3. The Bertz CT molecular complexity index is 456. The van der Waals surface area contributed by atoms with Crippen molar-refractivity contribution in [3.8, 4) is 5.75 Å². The SMILES string of the molecule is COc1c(C)cc(C)cc1C1(C(C)(C)N)COC1. The highest BCUT2D eigenvalue weighted by atomic mass is 16.5. The Kier molecular flexibility index (Phi) is 3.16. The molecule has 0 saturated carbocycles. The van der Waals surface area contributed by atoms with E-state index in [9.17, 15) is 0 Å². The van der Waals surface area contributed by atoms with E-state index in [0.29, 0.717) is 13.2 Å². The van der Waals surface area contributed by atoms with Crippen LogP contribution in [0.5, 0.6) is 5.75 Å². The standard InChI is InChI=1S/C15H23NO2/c1-10-6-11(2)13(17-5)12(7-10)15(8-18-9-15)14(3,4)16/h6-7H,8-9,16H2,1-5H3. The van der Waals surface area contributed by atoms with Crippen molar-refractivity contribution in [1.29, 1.82) is 0 Å². The summed E-state index contributed by atoms with van der Waals surface area (Å²) < 4.78 is 11.1. The molecule has 3 heteroatoms. The van der Waals surface area contributed by atoms with Gasteiger partial charge in [0.05, 0.1) is 25.7 Å². The molecule has 1 aromatic carbocycles. The third-order valence-corrected chi connectivity index (χ3v) is 4.07. The molecule has 1 aliphatic heterocycles. The van der Waals surface area contributed by atoms with Crippen LogP contribution in [-0.4, -0.2) is 25.9 Å². The summed E-state index contributed by atoms with van der Waals surface area (Å²) in [7, 11) is 1.72. The molecule has 0 atom stereocenters. The predicted octanol–water partition coefficient (Wildman–Crippen LogP) is 2.32. The van der Waals surface area contributed by atoms with Crippen molar-refractivity contribution >= 4 is 0 Å². The Morgan fingerprint density at radius 2 is 1.89 bits per heavy atom. The van der Waals surface area contributed by atoms with Gasteiger partial charge in [0, 0.05) is 11.1 Å². The van der Waals surface area contributed by atoms with Gasteiger partial charge in [0.25, 0.3) is 0 Å². The van der Waals surface area contributed by atoms with Gasteiger partial charge in [-0.2, -0.15) is 0 Å². The number of aryl methyl sites for hydroxylation is 2. The highest BCUT2D eigenvalue weighted by molar-refractivity contribution is 5.50. The van der Waals surface area contributed by atoms with E-state index in [1.165, 1.54) is 11.1 Å².